The number of hydrogen-bond donors (Lipinski definition) is 1. The Balaban J connectivity index is 2.28. The number of amides is 1. The number of hydrogen-bond acceptors (Lipinski definition) is 3. The van der Waals surface area contributed by atoms with E-state index in [0.717, 1.165) is 5.69 Å². The molecule has 5 nitrogen and oxygen atoms in total. The third-order valence-electron chi connectivity index (χ3n) is 2.17. The van der Waals surface area contributed by atoms with Crippen LogP contribution in [0.1, 0.15) is 13.3 Å². The van der Waals surface area contributed by atoms with Gasteiger partial charge in [0, 0.05) is 12.6 Å². The van der Waals surface area contributed by atoms with Crippen LogP contribution >= 0.6 is 11.6 Å². The number of pyridine rings is 1. The van der Waals surface area contributed by atoms with Gasteiger partial charge < -0.3 is 5.32 Å². The molecule has 0 saturated carbocycles. The highest BCUT2D eigenvalue weighted by atomic mass is 35.5. The third-order valence-corrected chi connectivity index (χ3v) is 2.45. The Labute approximate surface area is 103 Å². The molecule has 0 aliphatic carbocycles. The van der Waals surface area contributed by atoms with Gasteiger partial charge in [-0.2, -0.15) is 5.10 Å². The van der Waals surface area contributed by atoms with Crippen molar-refractivity contribution in [3.8, 4) is 5.69 Å². The van der Waals surface area contributed by atoms with Gasteiger partial charge in [0.2, 0.25) is 5.91 Å². The van der Waals surface area contributed by atoms with E-state index in [1.807, 2.05) is 6.07 Å². The summed E-state index contributed by atoms with van der Waals surface area (Å²) in [5.41, 5.74) is 1.29. The van der Waals surface area contributed by atoms with Gasteiger partial charge in [0.1, 0.15) is 0 Å². The lowest BCUT2D eigenvalue weighted by Crippen LogP contribution is -2.08. The molecule has 1 N–H and O–H groups in total. The Morgan fingerprint density at radius 1 is 1.59 bits per heavy atom. The predicted octanol–water partition coefficient (Wildman–Crippen LogP) is 2.27. The van der Waals surface area contributed by atoms with Crippen LogP contribution in [-0.4, -0.2) is 20.7 Å². The number of nitrogens with one attached hydrogen (secondary N) is 1. The highest BCUT2D eigenvalue weighted by molar-refractivity contribution is 6.32. The molecule has 0 aromatic carbocycles. The Hall–Kier alpha value is -1.88. The smallest absolute Gasteiger partial charge is 0.224 e. The van der Waals surface area contributed by atoms with Crippen molar-refractivity contribution in [1.29, 1.82) is 0 Å². The number of carbonyl (C=O) groups excluding carboxylic acids is 1. The summed E-state index contributed by atoms with van der Waals surface area (Å²) in [6.45, 7) is 1.77. The molecule has 0 unspecified atom stereocenters. The zero-order valence-electron chi connectivity index (χ0n) is 9.22. The average molecular weight is 251 g/mol. The Morgan fingerprint density at radius 2 is 2.41 bits per heavy atom. The molecule has 2 rings (SSSR count). The molecule has 0 atom stereocenters. The van der Waals surface area contributed by atoms with E-state index >= 15 is 0 Å². The lowest BCUT2D eigenvalue weighted by molar-refractivity contribution is -0.115. The van der Waals surface area contributed by atoms with Crippen molar-refractivity contribution >= 4 is 23.2 Å². The van der Waals surface area contributed by atoms with Gasteiger partial charge in [-0.15, -0.1) is 0 Å². The van der Waals surface area contributed by atoms with Crippen LogP contribution in [0, 0.1) is 0 Å². The van der Waals surface area contributed by atoms with E-state index in [-0.39, 0.29) is 11.1 Å². The molecule has 17 heavy (non-hydrogen) atoms. The highest BCUT2D eigenvalue weighted by Crippen LogP contribution is 2.21. The maximum absolute atomic E-state index is 11.3. The minimum atomic E-state index is -0.0994. The summed E-state index contributed by atoms with van der Waals surface area (Å²) in [4.78, 5) is 15.2. The third kappa shape index (κ3) is 2.62. The van der Waals surface area contributed by atoms with Gasteiger partial charge in [-0.3, -0.25) is 9.78 Å². The van der Waals surface area contributed by atoms with Crippen molar-refractivity contribution in [2.45, 2.75) is 13.3 Å². The van der Waals surface area contributed by atoms with E-state index in [4.69, 9.17) is 11.6 Å². The summed E-state index contributed by atoms with van der Waals surface area (Å²) in [6, 6.07) is 3.65. The summed E-state index contributed by atoms with van der Waals surface area (Å²) < 4.78 is 1.57. The molecule has 0 saturated heterocycles. The van der Waals surface area contributed by atoms with Crippen molar-refractivity contribution in [2.24, 2.45) is 0 Å². The lowest BCUT2D eigenvalue weighted by atomic mass is 10.4. The van der Waals surface area contributed by atoms with E-state index in [2.05, 4.69) is 15.4 Å². The van der Waals surface area contributed by atoms with Gasteiger partial charge >= 0.3 is 0 Å². The van der Waals surface area contributed by atoms with Gasteiger partial charge in [0.15, 0.2) is 5.15 Å². The largest absolute Gasteiger partial charge is 0.322 e. The molecular formula is C11H11ClN4O. The first-order chi connectivity index (χ1) is 8.20. The van der Waals surface area contributed by atoms with Crippen LogP contribution in [0.2, 0.25) is 5.15 Å². The van der Waals surface area contributed by atoms with Crippen LogP contribution in [-0.2, 0) is 4.79 Å². The van der Waals surface area contributed by atoms with Gasteiger partial charge in [-0.05, 0) is 12.1 Å². The SMILES string of the molecule is CCC(=O)Nc1cn(-c2cccnc2)nc1Cl. The van der Waals surface area contributed by atoms with Crippen LogP contribution in [0.4, 0.5) is 5.69 Å². The Kier molecular flexibility index (Phi) is 3.39. The fourth-order valence-electron chi connectivity index (χ4n) is 1.30. The second-order valence-electron chi connectivity index (χ2n) is 3.39. The minimum Gasteiger partial charge on any atom is -0.322 e. The number of halogens is 1. The van der Waals surface area contributed by atoms with Crippen LogP contribution in [0.5, 0.6) is 0 Å². The molecule has 2 aromatic rings. The summed E-state index contributed by atoms with van der Waals surface area (Å²) in [6.07, 6.45) is 5.39. The number of nitrogens with zero attached hydrogens (tertiary/aromatic N) is 3. The maximum atomic E-state index is 11.3. The average Bonchev–Trinajstić information content (AvgIpc) is 2.72. The second-order valence-corrected chi connectivity index (χ2v) is 3.75. The Morgan fingerprint density at radius 3 is 3.06 bits per heavy atom. The molecule has 0 radical (unpaired) electrons. The van der Waals surface area contributed by atoms with Crippen molar-refractivity contribution in [2.75, 3.05) is 5.32 Å². The van der Waals surface area contributed by atoms with E-state index in [1.54, 1.807) is 36.3 Å². The fraction of sp³-hybridized carbons (Fsp3) is 0.182. The van der Waals surface area contributed by atoms with Crippen molar-refractivity contribution < 1.29 is 4.79 Å². The first-order valence-electron chi connectivity index (χ1n) is 5.16. The molecule has 2 heterocycles. The molecule has 6 heteroatoms. The number of anilines is 1. The molecule has 0 aliphatic heterocycles. The van der Waals surface area contributed by atoms with Crippen LogP contribution in [0.25, 0.3) is 5.69 Å². The summed E-state index contributed by atoms with van der Waals surface area (Å²) >= 11 is 5.93. The Bertz CT molecular complexity index is 524. The summed E-state index contributed by atoms with van der Waals surface area (Å²) in [7, 11) is 0. The van der Waals surface area contributed by atoms with Gasteiger partial charge in [0.05, 0.1) is 23.8 Å². The quantitative estimate of drug-likeness (QED) is 0.909. The molecular weight excluding hydrogens is 240 g/mol. The fourth-order valence-corrected chi connectivity index (χ4v) is 1.47. The molecule has 0 fully saturated rings. The van der Waals surface area contributed by atoms with Crippen molar-refractivity contribution in [3.05, 3.63) is 35.9 Å². The predicted molar refractivity (Wildman–Crippen MR) is 65.3 cm³/mol. The van der Waals surface area contributed by atoms with E-state index < -0.39 is 0 Å². The van der Waals surface area contributed by atoms with Crippen LogP contribution < -0.4 is 5.32 Å². The van der Waals surface area contributed by atoms with Crippen LogP contribution in [0.3, 0.4) is 0 Å². The first-order valence-corrected chi connectivity index (χ1v) is 5.54. The standard InChI is InChI=1S/C11H11ClN4O/c1-2-10(17)14-9-7-16(15-11(9)12)8-4-3-5-13-6-8/h3-7H,2H2,1H3,(H,14,17). The van der Waals surface area contributed by atoms with Crippen molar-refractivity contribution in [1.82, 2.24) is 14.8 Å². The number of carbonyl (C=O) groups is 1. The van der Waals surface area contributed by atoms with E-state index in [9.17, 15) is 4.79 Å². The number of aromatic nitrogens is 3. The van der Waals surface area contributed by atoms with E-state index in [0.29, 0.717) is 12.1 Å². The summed E-state index contributed by atoms with van der Waals surface area (Å²) in [5.74, 6) is -0.0994. The molecule has 1 amide bonds. The zero-order chi connectivity index (χ0) is 12.3. The molecule has 0 bridgehead atoms. The topological polar surface area (TPSA) is 59.8 Å². The van der Waals surface area contributed by atoms with Gasteiger partial charge in [0.25, 0.3) is 0 Å². The van der Waals surface area contributed by atoms with Crippen molar-refractivity contribution in [3.63, 3.8) is 0 Å². The maximum Gasteiger partial charge on any atom is 0.224 e. The number of rotatable bonds is 3. The van der Waals surface area contributed by atoms with E-state index in [1.165, 1.54) is 0 Å². The molecule has 88 valence electrons. The normalized spacial score (nSPS) is 10.2. The highest BCUT2D eigenvalue weighted by Gasteiger charge is 2.09. The lowest BCUT2D eigenvalue weighted by Gasteiger charge is -1.99. The zero-order valence-corrected chi connectivity index (χ0v) is 9.98. The monoisotopic (exact) mass is 250 g/mol. The minimum absolute atomic E-state index is 0.0994. The molecule has 0 spiro atoms. The molecule has 2 aromatic heterocycles. The van der Waals surface area contributed by atoms with Gasteiger partial charge in [-0.1, -0.05) is 18.5 Å². The van der Waals surface area contributed by atoms with Gasteiger partial charge in [-0.25, -0.2) is 4.68 Å². The first kappa shape index (κ1) is 11.6. The second kappa shape index (κ2) is 4.97. The van der Waals surface area contributed by atoms with Crippen LogP contribution in [0.15, 0.2) is 30.7 Å². The summed E-state index contributed by atoms with van der Waals surface area (Å²) in [5, 5.41) is 7.03. The molecule has 0 aliphatic rings.